The topological polar surface area (TPSA) is 35.5 Å². The van der Waals surface area contributed by atoms with E-state index in [0.29, 0.717) is 24.8 Å². The van der Waals surface area contributed by atoms with Crippen molar-refractivity contribution in [1.29, 1.82) is 0 Å². The van der Waals surface area contributed by atoms with Gasteiger partial charge in [-0.2, -0.15) is 0 Å². The van der Waals surface area contributed by atoms with Crippen LogP contribution in [0, 0.1) is 5.41 Å². The number of hydrogen-bond acceptors (Lipinski definition) is 3. The highest BCUT2D eigenvalue weighted by atomic mass is 35.5. The van der Waals surface area contributed by atoms with Gasteiger partial charge in [0.15, 0.2) is 0 Å². The van der Waals surface area contributed by atoms with E-state index in [1.165, 1.54) is 6.08 Å². The van der Waals surface area contributed by atoms with Crippen molar-refractivity contribution < 1.29 is 14.3 Å². The molecule has 1 aromatic carbocycles. The maximum absolute atomic E-state index is 11.5. The Morgan fingerprint density at radius 3 is 2.67 bits per heavy atom. The average Bonchev–Trinajstić information content (AvgIpc) is 2.33. The lowest BCUT2D eigenvalue weighted by molar-refractivity contribution is -0.160. The summed E-state index contributed by atoms with van der Waals surface area (Å²) in [4.78, 5) is 11.5. The van der Waals surface area contributed by atoms with Gasteiger partial charge in [0.1, 0.15) is 6.61 Å². The maximum atomic E-state index is 11.5. The summed E-state index contributed by atoms with van der Waals surface area (Å²) < 4.78 is 10.3. The van der Waals surface area contributed by atoms with E-state index in [1.54, 1.807) is 18.2 Å². The lowest BCUT2D eigenvalue weighted by Crippen LogP contribution is -2.43. The van der Waals surface area contributed by atoms with Crippen LogP contribution in [0.5, 0.6) is 0 Å². The van der Waals surface area contributed by atoms with Crippen molar-refractivity contribution in [3.8, 4) is 0 Å². The third-order valence-corrected chi connectivity index (χ3v) is 3.00. The van der Waals surface area contributed by atoms with Gasteiger partial charge in [-0.1, -0.05) is 30.7 Å². The van der Waals surface area contributed by atoms with E-state index in [2.05, 4.69) is 0 Å². The van der Waals surface area contributed by atoms with E-state index in [1.807, 2.05) is 19.1 Å². The molecule has 1 aliphatic rings. The Kier molecular flexibility index (Phi) is 4.04. The SMILES string of the molecule is CC1(COC(=O)C=Cc2ccc(Cl)cc2)COC1. The Hall–Kier alpha value is -1.32. The number of esters is 1. The molecule has 0 radical (unpaired) electrons. The maximum Gasteiger partial charge on any atom is 0.330 e. The van der Waals surface area contributed by atoms with E-state index in [-0.39, 0.29) is 11.4 Å². The van der Waals surface area contributed by atoms with Crippen molar-refractivity contribution >= 4 is 23.6 Å². The van der Waals surface area contributed by atoms with Gasteiger partial charge in [0.25, 0.3) is 0 Å². The van der Waals surface area contributed by atoms with Crippen LogP contribution in [0.2, 0.25) is 5.02 Å². The molecule has 1 saturated heterocycles. The summed E-state index contributed by atoms with van der Waals surface area (Å²) in [6.07, 6.45) is 3.13. The van der Waals surface area contributed by atoms with E-state index in [0.717, 1.165) is 5.56 Å². The molecule has 3 nitrogen and oxygen atoms in total. The Labute approximate surface area is 111 Å². The van der Waals surface area contributed by atoms with Crippen molar-refractivity contribution in [2.75, 3.05) is 19.8 Å². The number of ether oxygens (including phenoxy) is 2. The molecule has 0 aliphatic carbocycles. The van der Waals surface area contributed by atoms with Gasteiger partial charge in [-0.15, -0.1) is 0 Å². The number of carbonyl (C=O) groups excluding carboxylic acids is 1. The Bertz CT molecular complexity index is 447. The quantitative estimate of drug-likeness (QED) is 0.621. The molecule has 0 atom stereocenters. The predicted octanol–water partition coefficient (Wildman–Crippen LogP) is 2.93. The highest BCUT2D eigenvalue weighted by Crippen LogP contribution is 2.26. The second-order valence-corrected chi connectivity index (χ2v) is 5.23. The van der Waals surface area contributed by atoms with E-state index in [4.69, 9.17) is 21.1 Å². The second kappa shape index (κ2) is 5.55. The highest BCUT2D eigenvalue weighted by Gasteiger charge is 2.34. The van der Waals surface area contributed by atoms with Crippen molar-refractivity contribution in [1.82, 2.24) is 0 Å². The van der Waals surface area contributed by atoms with Gasteiger partial charge in [0, 0.05) is 16.5 Å². The summed E-state index contributed by atoms with van der Waals surface area (Å²) in [5, 5.41) is 0.674. The van der Waals surface area contributed by atoms with Crippen LogP contribution in [0.3, 0.4) is 0 Å². The zero-order chi connectivity index (χ0) is 13.0. The number of benzene rings is 1. The molecule has 1 heterocycles. The molecule has 1 aliphatic heterocycles. The molecule has 0 bridgehead atoms. The van der Waals surface area contributed by atoms with E-state index >= 15 is 0 Å². The minimum Gasteiger partial charge on any atom is -0.462 e. The first-order valence-corrected chi connectivity index (χ1v) is 6.13. The lowest BCUT2D eigenvalue weighted by atomic mass is 9.90. The number of hydrogen-bond donors (Lipinski definition) is 0. The highest BCUT2D eigenvalue weighted by molar-refractivity contribution is 6.30. The smallest absolute Gasteiger partial charge is 0.330 e. The first-order valence-electron chi connectivity index (χ1n) is 5.76. The summed E-state index contributed by atoms with van der Waals surface area (Å²) in [6.45, 7) is 3.74. The van der Waals surface area contributed by atoms with E-state index < -0.39 is 0 Å². The standard InChI is InChI=1S/C14H15ClO3/c1-14(8-17-9-14)10-18-13(16)7-4-11-2-5-12(15)6-3-11/h2-7H,8-10H2,1H3. The minimum atomic E-state index is -0.335. The Morgan fingerprint density at radius 1 is 1.44 bits per heavy atom. The zero-order valence-corrected chi connectivity index (χ0v) is 10.9. The van der Waals surface area contributed by atoms with Gasteiger partial charge in [-0.25, -0.2) is 4.79 Å². The molecule has 1 fully saturated rings. The summed E-state index contributed by atoms with van der Waals surface area (Å²) in [5.41, 5.74) is 0.901. The molecule has 0 unspecified atom stereocenters. The minimum absolute atomic E-state index is 0.0101. The molecule has 1 aromatic rings. The largest absolute Gasteiger partial charge is 0.462 e. The first-order chi connectivity index (χ1) is 8.57. The van der Waals surface area contributed by atoms with Crippen LogP contribution in [0.25, 0.3) is 6.08 Å². The average molecular weight is 267 g/mol. The summed E-state index contributed by atoms with van der Waals surface area (Å²) >= 11 is 5.77. The molecule has 2 rings (SSSR count). The van der Waals surface area contributed by atoms with Gasteiger partial charge in [-0.3, -0.25) is 0 Å². The molecule has 0 amide bonds. The molecular weight excluding hydrogens is 252 g/mol. The lowest BCUT2D eigenvalue weighted by Gasteiger charge is -2.36. The van der Waals surface area contributed by atoms with Crippen molar-refractivity contribution in [3.63, 3.8) is 0 Å². The molecule has 0 N–H and O–H groups in total. The predicted molar refractivity (Wildman–Crippen MR) is 70.4 cm³/mol. The molecule has 0 spiro atoms. The van der Waals surface area contributed by atoms with Crippen LogP contribution in [-0.2, 0) is 14.3 Å². The van der Waals surface area contributed by atoms with Gasteiger partial charge in [0.05, 0.1) is 13.2 Å². The molecular formula is C14H15ClO3. The number of rotatable bonds is 4. The van der Waals surface area contributed by atoms with E-state index in [9.17, 15) is 4.79 Å². The molecule has 18 heavy (non-hydrogen) atoms. The Morgan fingerprint density at radius 2 is 2.11 bits per heavy atom. The molecule has 4 heteroatoms. The first kappa shape index (κ1) is 13.1. The number of carbonyl (C=O) groups is 1. The normalized spacial score (nSPS) is 17.4. The molecule has 0 saturated carbocycles. The summed E-state index contributed by atoms with van der Waals surface area (Å²) in [5.74, 6) is -0.335. The third kappa shape index (κ3) is 3.59. The fourth-order valence-corrected chi connectivity index (χ4v) is 1.69. The van der Waals surface area contributed by atoms with Gasteiger partial charge in [0.2, 0.25) is 0 Å². The second-order valence-electron chi connectivity index (χ2n) is 4.80. The van der Waals surface area contributed by atoms with Crippen LogP contribution in [0.4, 0.5) is 0 Å². The number of halogens is 1. The van der Waals surface area contributed by atoms with Crippen LogP contribution in [0.15, 0.2) is 30.3 Å². The van der Waals surface area contributed by atoms with Crippen molar-refractivity contribution in [2.24, 2.45) is 5.41 Å². The van der Waals surface area contributed by atoms with Crippen molar-refractivity contribution in [3.05, 3.63) is 40.9 Å². The van der Waals surface area contributed by atoms with Gasteiger partial charge < -0.3 is 9.47 Å². The van der Waals surface area contributed by atoms with Crippen molar-refractivity contribution in [2.45, 2.75) is 6.92 Å². The summed E-state index contributed by atoms with van der Waals surface area (Å²) in [6, 6.07) is 7.24. The fourth-order valence-electron chi connectivity index (χ4n) is 1.57. The summed E-state index contributed by atoms with van der Waals surface area (Å²) in [7, 11) is 0. The third-order valence-electron chi connectivity index (χ3n) is 2.75. The van der Waals surface area contributed by atoms with Crippen LogP contribution < -0.4 is 0 Å². The van der Waals surface area contributed by atoms with Gasteiger partial charge >= 0.3 is 5.97 Å². The molecule has 0 aromatic heterocycles. The van der Waals surface area contributed by atoms with Crippen LogP contribution in [0.1, 0.15) is 12.5 Å². The zero-order valence-electron chi connectivity index (χ0n) is 10.2. The monoisotopic (exact) mass is 266 g/mol. The Balaban J connectivity index is 1.81. The van der Waals surface area contributed by atoms with Gasteiger partial charge in [-0.05, 0) is 23.8 Å². The fraction of sp³-hybridized carbons (Fsp3) is 0.357. The van der Waals surface area contributed by atoms with Crippen LogP contribution in [-0.4, -0.2) is 25.8 Å². The van der Waals surface area contributed by atoms with Crippen LogP contribution >= 0.6 is 11.6 Å². The molecule has 96 valence electrons.